The van der Waals surface area contributed by atoms with Gasteiger partial charge in [0.15, 0.2) is 18.1 Å². The van der Waals surface area contributed by atoms with Crippen LogP contribution in [0.2, 0.25) is 0 Å². The van der Waals surface area contributed by atoms with E-state index in [9.17, 15) is 9.59 Å². The molecule has 0 aromatic heterocycles. The first-order valence-corrected chi connectivity index (χ1v) is 10.4. The quantitative estimate of drug-likeness (QED) is 0.214. The Hall–Kier alpha value is -3.65. The molecule has 0 aliphatic rings. The van der Waals surface area contributed by atoms with Gasteiger partial charge < -0.3 is 14.2 Å². The number of halogens is 1. The van der Waals surface area contributed by atoms with E-state index in [4.69, 9.17) is 14.2 Å². The lowest BCUT2D eigenvalue weighted by Gasteiger charge is -2.10. The van der Waals surface area contributed by atoms with Gasteiger partial charge in [-0.25, -0.2) is 10.2 Å². The summed E-state index contributed by atoms with van der Waals surface area (Å²) in [6.07, 6.45) is 1.45. The van der Waals surface area contributed by atoms with Gasteiger partial charge in [0.2, 0.25) is 0 Å². The fourth-order valence-electron chi connectivity index (χ4n) is 2.70. The van der Waals surface area contributed by atoms with Gasteiger partial charge in [-0.3, -0.25) is 4.79 Å². The zero-order chi connectivity index (χ0) is 22.9. The van der Waals surface area contributed by atoms with Gasteiger partial charge in [-0.1, -0.05) is 40.2 Å². The molecule has 0 aliphatic carbocycles. The average molecular weight is 497 g/mol. The van der Waals surface area contributed by atoms with Gasteiger partial charge in [-0.2, -0.15) is 5.10 Å². The van der Waals surface area contributed by atoms with E-state index in [-0.39, 0.29) is 12.4 Å². The number of para-hydroxylation sites is 1. The molecule has 1 amide bonds. The summed E-state index contributed by atoms with van der Waals surface area (Å²) in [6.45, 7) is 1.74. The van der Waals surface area contributed by atoms with Crippen molar-refractivity contribution in [2.45, 2.75) is 6.92 Å². The van der Waals surface area contributed by atoms with Crippen LogP contribution in [0.4, 0.5) is 0 Å². The minimum Gasteiger partial charge on any atom is -0.493 e. The number of amides is 1. The first-order chi connectivity index (χ1) is 15.5. The lowest BCUT2D eigenvalue weighted by atomic mass is 10.2. The van der Waals surface area contributed by atoms with Crippen molar-refractivity contribution in [3.63, 3.8) is 0 Å². The van der Waals surface area contributed by atoms with Gasteiger partial charge in [0.25, 0.3) is 5.91 Å². The molecule has 0 aliphatic heterocycles. The highest BCUT2D eigenvalue weighted by Crippen LogP contribution is 2.28. The van der Waals surface area contributed by atoms with Crippen molar-refractivity contribution < 1.29 is 23.8 Å². The van der Waals surface area contributed by atoms with E-state index in [0.29, 0.717) is 22.6 Å². The largest absolute Gasteiger partial charge is 0.493 e. The Bertz CT molecular complexity index is 1150. The van der Waals surface area contributed by atoms with Gasteiger partial charge in [-0.15, -0.1) is 0 Å². The predicted octanol–water partition coefficient (Wildman–Crippen LogP) is 4.51. The van der Waals surface area contributed by atoms with Crippen LogP contribution in [0.15, 0.2) is 76.3 Å². The Balaban J connectivity index is 1.58. The Morgan fingerprint density at radius 3 is 2.56 bits per heavy atom. The van der Waals surface area contributed by atoms with Gasteiger partial charge in [0.05, 0.1) is 18.9 Å². The van der Waals surface area contributed by atoms with Crippen LogP contribution >= 0.6 is 15.9 Å². The average Bonchev–Trinajstić information content (AvgIpc) is 2.79. The molecule has 164 valence electrons. The summed E-state index contributed by atoms with van der Waals surface area (Å²) in [4.78, 5) is 24.3. The summed E-state index contributed by atoms with van der Waals surface area (Å²) in [5, 5.41) is 3.93. The number of ether oxygens (including phenoxy) is 3. The van der Waals surface area contributed by atoms with Crippen LogP contribution in [0, 0.1) is 6.92 Å². The Kier molecular flexibility index (Phi) is 7.99. The van der Waals surface area contributed by atoms with E-state index < -0.39 is 11.9 Å². The number of carbonyl (C=O) groups is 2. The van der Waals surface area contributed by atoms with Crippen LogP contribution in [0.3, 0.4) is 0 Å². The third kappa shape index (κ3) is 6.42. The maximum atomic E-state index is 12.4. The zero-order valence-corrected chi connectivity index (χ0v) is 19.1. The van der Waals surface area contributed by atoms with Crippen LogP contribution in [0.1, 0.15) is 21.5 Å². The van der Waals surface area contributed by atoms with Crippen molar-refractivity contribution in [3.8, 4) is 17.2 Å². The number of nitrogens with zero attached hydrogens (tertiary/aromatic N) is 1. The fraction of sp³-hybridized carbons (Fsp3) is 0.125. The van der Waals surface area contributed by atoms with E-state index in [0.717, 1.165) is 10.0 Å². The molecule has 3 aromatic rings. The summed E-state index contributed by atoms with van der Waals surface area (Å²) in [6, 6.07) is 19.2. The Morgan fingerprint density at radius 2 is 1.81 bits per heavy atom. The van der Waals surface area contributed by atoms with Crippen molar-refractivity contribution in [2.75, 3.05) is 13.7 Å². The molecule has 0 fully saturated rings. The number of methoxy groups -OCH3 is 1. The maximum absolute atomic E-state index is 12.4. The second-order valence-corrected chi connectivity index (χ2v) is 7.57. The number of esters is 1. The first-order valence-electron chi connectivity index (χ1n) is 9.62. The summed E-state index contributed by atoms with van der Waals surface area (Å²) in [5.74, 6) is 0.365. The van der Waals surface area contributed by atoms with Crippen LogP contribution in [-0.4, -0.2) is 31.8 Å². The number of rotatable bonds is 8. The molecule has 1 N–H and O–H groups in total. The number of hydrogen-bond acceptors (Lipinski definition) is 6. The van der Waals surface area contributed by atoms with Gasteiger partial charge in [-0.05, 0) is 60.5 Å². The number of nitrogens with one attached hydrogen (secondary N) is 1. The summed E-state index contributed by atoms with van der Waals surface area (Å²) in [7, 11) is 1.47. The van der Waals surface area contributed by atoms with E-state index in [1.165, 1.54) is 13.3 Å². The highest BCUT2D eigenvalue weighted by molar-refractivity contribution is 9.10. The van der Waals surface area contributed by atoms with Crippen LogP contribution in [-0.2, 0) is 4.79 Å². The Morgan fingerprint density at radius 1 is 1.00 bits per heavy atom. The van der Waals surface area contributed by atoms with Crippen molar-refractivity contribution in [1.29, 1.82) is 0 Å². The highest BCUT2D eigenvalue weighted by atomic mass is 79.9. The molecule has 0 unspecified atom stereocenters. The van der Waals surface area contributed by atoms with Crippen LogP contribution in [0.5, 0.6) is 17.2 Å². The molecular weight excluding hydrogens is 476 g/mol. The monoisotopic (exact) mass is 496 g/mol. The molecule has 0 heterocycles. The van der Waals surface area contributed by atoms with E-state index in [1.807, 2.05) is 31.2 Å². The van der Waals surface area contributed by atoms with Crippen LogP contribution in [0.25, 0.3) is 0 Å². The van der Waals surface area contributed by atoms with Crippen LogP contribution < -0.4 is 19.6 Å². The molecule has 8 heteroatoms. The lowest BCUT2D eigenvalue weighted by Crippen LogP contribution is -2.24. The predicted molar refractivity (Wildman–Crippen MR) is 125 cm³/mol. The Labute approximate surface area is 194 Å². The van der Waals surface area contributed by atoms with Crippen molar-refractivity contribution >= 4 is 34.0 Å². The molecule has 7 nitrogen and oxygen atoms in total. The third-order valence-electron chi connectivity index (χ3n) is 4.31. The lowest BCUT2D eigenvalue weighted by molar-refractivity contribution is -0.123. The maximum Gasteiger partial charge on any atom is 0.343 e. The van der Waals surface area contributed by atoms with E-state index >= 15 is 0 Å². The number of aryl methyl sites for hydroxylation is 1. The molecule has 0 atom stereocenters. The molecular formula is C24H21BrN2O5. The molecule has 32 heavy (non-hydrogen) atoms. The second kappa shape index (κ2) is 11.1. The van der Waals surface area contributed by atoms with E-state index in [1.54, 1.807) is 42.5 Å². The van der Waals surface area contributed by atoms with Crippen molar-refractivity contribution in [1.82, 2.24) is 5.43 Å². The molecule has 0 radical (unpaired) electrons. The zero-order valence-electron chi connectivity index (χ0n) is 17.5. The summed E-state index contributed by atoms with van der Waals surface area (Å²) < 4.78 is 17.0. The molecule has 0 saturated heterocycles. The number of benzene rings is 3. The van der Waals surface area contributed by atoms with Crippen molar-refractivity contribution in [2.24, 2.45) is 5.10 Å². The van der Waals surface area contributed by atoms with E-state index in [2.05, 4.69) is 26.5 Å². The molecule has 0 spiro atoms. The van der Waals surface area contributed by atoms with Gasteiger partial charge in [0, 0.05) is 4.47 Å². The highest BCUT2D eigenvalue weighted by Gasteiger charge is 2.13. The molecule has 3 aromatic carbocycles. The SMILES string of the molecule is COc1cc(C=NNC(=O)COc2ccccc2C)ccc1OC(=O)c1cccc(Br)c1. The fourth-order valence-corrected chi connectivity index (χ4v) is 3.10. The minimum atomic E-state index is -0.507. The third-order valence-corrected chi connectivity index (χ3v) is 4.80. The number of hydrogen-bond donors (Lipinski definition) is 1. The van der Waals surface area contributed by atoms with Gasteiger partial charge >= 0.3 is 5.97 Å². The minimum absolute atomic E-state index is 0.157. The summed E-state index contributed by atoms with van der Waals surface area (Å²) in [5.41, 5.74) is 4.40. The normalized spacial score (nSPS) is 10.6. The standard InChI is InChI=1S/C24H21BrN2O5/c1-16-6-3-4-9-20(16)31-15-23(28)27-26-14-17-10-11-21(22(12-17)30-2)32-24(29)18-7-5-8-19(25)13-18/h3-14H,15H2,1-2H3,(H,27,28). The number of hydrazone groups is 1. The number of carbonyl (C=O) groups excluding carboxylic acids is 2. The molecule has 0 saturated carbocycles. The topological polar surface area (TPSA) is 86.2 Å². The summed E-state index contributed by atoms with van der Waals surface area (Å²) >= 11 is 3.33. The van der Waals surface area contributed by atoms with Gasteiger partial charge in [0.1, 0.15) is 5.75 Å². The molecule has 0 bridgehead atoms. The smallest absolute Gasteiger partial charge is 0.343 e. The van der Waals surface area contributed by atoms with Crippen molar-refractivity contribution in [3.05, 3.63) is 87.9 Å². The molecule has 3 rings (SSSR count). The second-order valence-electron chi connectivity index (χ2n) is 6.66. The first kappa shape index (κ1) is 23.0.